The number of nitrogens with zero attached hydrogens (tertiary/aromatic N) is 2. The lowest BCUT2D eigenvalue weighted by Crippen LogP contribution is -2.41. The van der Waals surface area contributed by atoms with Gasteiger partial charge in [0.1, 0.15) is 0 Å². The fourth-order valence-corrected chi connectivity index (χ4v) is 7.22. The Labute approximate surface area is 274 Å². The van der Waals surface area contributed by atoms with Crippen LogP contribution >= 0.6 is 0 Å². The number of fused-ring (bicyclic) bond motifs is 7. The van der Waals surface area contributed by atoms with Crippen molar-refractivity contribution in [2.75, 3.05) is 0 Å². The van der Waals surface area contributed by atoms with Crippen molar-refractivity contribution in [3.05, 3.63) is 140 Å². The molecule has 0 spiro atoms. The zero-order valence-electron chi connectivity index (χ0n) is 27.1. The van der Waals surface area contributed by atoms with E-state index in [0.717, 1.165) is 16.8 Å². The summed E-state index contributed by atoms with van der Waals surface area (Å²) in [5, 5.41) is 6.29. The van der Waals surface area contributed by atoms with Gasteiger partial charge in [0.05, 0.1) is 27.8 Å². The Bertz CT molecular complexity index is 2460. The maximum atomic E-state index is 6.32. The zero-order chi connectivity index (χ0) is 31.9. The summed E-state index contributed by atoms with van der Waals surface area (Å²) in [5.74, 6) is 0. The van der Waals surface area contributed by atoms with Crippen LogP contribution in [0.1, 0.15) is 27.7 Å². The Morgan fingerprint density at radius 1 is 0.511 bits per heavy atom. The molecule has 228 valence electrons. The Kier molecular flexibility index (Phi) is 6.11. The van der Waals surface area contributed by atoms with Crippen molar-refractivity contribution in [2.45, 2.75) is 38.9 Å². The molecule has 0 amide bonds. The summed E-state index contributed by atoms with van der Waals surface area (Å²) in [7, 11) is -0.380. The first-order valence-electron chi connectivity index (χ1n) is 16.4. The Balaban J connectivity index is 1.23. The quantitative estimate of drug-likeness (QED) is 0.186. The fourth-order valence-electron chi connectivity index (χ4n) is 7.22. The van der Waals surface area contributed by atoms with Gasteiger partial charge in [0.2, 0.25) is 0 Å². The van der Waals surface area contributed by atoms with Crippen LogP contribution < -0.4 is 5.46 Å². The zero-order valence-corrected chi connectivity index (χ0v) is 27.1. The largest absolute Gasteiger partial charge is 0.494 e. The van der Waals surface area contributed by atoms with Gasteiger partial charge in [-0.05, 0) is 104 Å². The summed E-state index contributed by atoms with van der Waals surface area (Å²) in [6.45, 7) is 8.37. The number of benzene rings is 6. The van der Waals surface area contributed by atoms with Gasteiger partial charge in [-0.25, -0.2) is 0 Å². The summed E-state index contributed by atoms with van der Waals surface area (Å²) in [5.41, 5.74) is 8.53. The molecule has 1 fully saturated rings. The molecule has 0 N–H and O–H groups in total. The third-order valence-corrected chi connectivity index (χ3v) is 10.4. The van der Waals surface area contributed by atoms with E-state index in [1.54, 1.807) is 0 Å². The van der Waals surface area contributed by atoms with E-state index in [0.29, 0.717) is 0 Å². The van der Waals surface area contributed by atoms with Gasteiger partial charge >= 0.3 is 7.12 Å². The lowest BCUT2D eigenvalue weighted by molar-refractivity contribution is 0.00578. The van der Waals surface area contributed by atoms with E-state index < -0.39 is 0 Å². The van der Waals surface area contributed by atoms with E-state index in [1.165, 1.54) is 54.6 Å². The van der Waals surface area contributed by atoms with Crippen molar-refractivity contribution in [1.82, 2.24) is 9.13 Å². The van der Waals surface area contributed by atoms with Crippen molar-refractivity contribution >= 4 is 56.1 Å². The minimum atomic E-state index is -0.380. The highest BCUT2D eigenvalue weighted by atomic mass is 16.7. The second-order valence-corrected chi connectivity index (χ2v) is 13.7. The molecule has 0 saturated carbocycles. The molecule has 0 radical (unpaired) electrons. The third-order valence-electron chi connectivity index (χ3n) is 10.4. The van der Waals surface area contributed by atoms with Crippen LogP contribution in [0.25, 0.3) is 66.0 Å². The van der Waals surface area contributed by atoms with Gasteiger partial charge in [-0.2, -0.15) is 0 Å². The SMILES string of the molecule is CC1(C)OB(c2ccc(-n3ccc4c5c6c7ccccc7ccc6n(-c6cccc(-c7ccccc7)c6)c5ccc43)cc2)OC1(C)C. The number of rotatable bonds is 4. The highest BCUT2D eigenvalue weighted by Gasteiger charge is 2.51. The van der Waals surface area contributed by atoms with E-state index in [9.17, 15) is 0 Å². The summed E-state index contributed by atoms with van der Waals surface area (Å²) >= 11 is 0. The summed E-state index contributed by atoms with van der Waals surface area (Å²) in [6, 6.07) is 48.2. The van der Waals surface area contributed by atoms with Crippen LogP contribution in [0, 0.1) is 0 Å². The molecular formula is C42H35BN2O2. The Hall–Kier alpha value is -5.10. The molecule has 2 aromatic heterocycles. The predicted octanol–water partition coefficient (Wildman–Crippen LogP) is 9.85. The molecule has 1 aliphatic rings. The van der Waals surface area contributed by atoms with Crippen LogP contribution in [0.3, 0.4) is 0 Å². The number of hydrogen-bond donors (Lipinski definition) is 0. The van der Waals surface area contributed by atoms with Gasteiger partial charge < -0.3 is 18.4 Å². The lowest BCUT2D eigenvalue weighted by atomic mass is 9.79. The van der Waals surface area contributed by atoms with Crippen LogP contribution in [0.4, 0.5) is 0 Å². The summed E-state index contributed by atoms with van der Waals surface area (Å²) in [6.07, 6.45) is 2.19. The molecular weight excluding hydrogens is 575 g/mol. The second kappa shape index (κ2) is 10.2. The lowest BCUT2D eigenvalue weighted by Gasteiger charge is -2.32. The molecule has 0 unspecified atom stereocenters. The maximum Gasteiger partial charge on any atom is 0.494 e. The summed E-state index contributed by atoms with van der Waals surface area (Å²) in [4.78, 5) is 0. The second-order valence-electron chi connectivity index (χ2n) is 13.7. The Morgan fingerprint density at radius 3 is 1.91 bits per heavy atom. The van der Waals surface area contributed by atoms with Gasteiger partial charge in [-0.1, -0.05) is 84.9 Å². The molecule has 4 nitrogen and oxygen atoms in total. The van der Waals surface area contributed by atoms with Gasteiger partial charge in [-0.15, -0.1) is 0 Å². The monoisotopic (exact) mass is 610 g/mol. The van der Waals surface area contributed by atoms with Crippen molar-refractivity contribution in [1.29, 1.82) is 0 Å². The first-order valence-corrected chi connectivity index (χ1v) is 16.4. The third kappa shape index (κ3) is 4.31. The number of hydrogen-bond acceptors (Lipinski definition) is 2. The minimum Gasteiger partial charge on any atom is -0.399 e. The summed E-state index contributed by atoms with van der Waals surface area (Å²) < 4.78 is 17.3. The van der Waals surface area contributed by atoms with Gasteiger partial charge in [0.15, 0.2) is 0 Å². The molecule has 5 heteroatoms. The van der Waals surface area contributed by atoms with Crippen LogP contribution in [0.5, 0.6) is 0 Å². The molecule has 8 aromatic rings. The molecule has 0 bridgehead atoms. The van der Waals surface area contributed by atoms with E-state index in [1.807, 2.05) is 0 Å². The average molecular weight is 611 g/mol. The van der Waals surface area contributed by atoms with Crippen LogP contribution in [0.15, 0.2) is 140 Å². The number of aromatic nitrogens is 2. The topological polar surface area (TPSA) is 28.3 Å². The molecule has 1 aliphatic heterocycles. The maximum absolute atomic E-state index is 6.32. The van der Waals surface area contributed by atoms with E-state index in [2.05, 4.69) is 176 Å². The average Bonchev–Trinajstić information content (AvgIpc) is 3.74. The van der Waals surface area contributed by atoms with Gasteiger partial charge in [0, 0.05) is 33.7 Å². The van der Waals surface area contributed by atoms with Crippen LogP contribution in [-0.2, 0) is 9.31 Å². The Morgan fingerprint density at radius 2 is 1.15 bits per heavy atom. The van der Waals surface area contributed by atoms with Gasteiger partial charge in [-0.3, -0.25) is 0 Å². The van der Waals surface area contributed by atoms with Crippen molar-refractivity contribution in [3.8, 4) is 22.5 Å². The van der Waals surface area contributed by atoms with E-state index >= 15 is 0 Å². The highest BCUT2D eigenvalue weighted by molar-refractivity contribution is 6.62. The minimum absolute atomic E-state index is 0.370. The van der Waals surface area contributed by atoms with Crippen molar-refractivity contribution in [2.24, 2.45) is 0 Å². The molecule has 47 heavy (non-hydrogen) atoms. The van der Waals surface area contributed by atoms with E-state index in [-0.39, 0.29) is 18.3 Å². The van der Waals surface area contributed by atoms with Crippen LogP contribution in [0.2, 0.25) is 0 Å². The first-order chi connectivity index (χ1) is 22.8. The molecule has 0 atom stereocenters. The smallest absolute Gasteiger partial charge is 0.399 e. The van der Waals surface area contributed by atoms with Crippen LogP contribution in [-0.4, -0.2) is 27.5 Å². The predicted molar refractivity (Wildman–Crippen MR) is 196 cm³/mol. The molecule has 1 saturated heterocycles. The van der Waals surface area contributed by atoms with E-state index in [4.69, 9.17) is 9.31 Å². The molecule has 6 aromatic carbocycles. The molecule has 9 rings (SSSR count). The molecule has 3 heterocycles. The van der Waals surface area contributed by atoms with Gasteiger partial charge in [0.25, 0.3) is 0 Å². The standard InChI is InChI=1S/C42H35BN2O2/c1-41(2)42(3,4)47-43(46-41)31-18-20-32(21-19-31)44-26-25-35-36(44)23-24-38-40(35)39-34-16-9-8-13-29(34)17-22-37(39)45(38)33-15-10-14-30(27-33)28-11-6-5-7-12-28/h5-27H,1-4H3. The fraction of sp³-hybridized carbons (Fsp3) is 0.143. The first kappa shape index (κ1) is 28.2. The molecule has 0 aliphatic carbocycles. The van der Waals surface area contributed by atoms with Crippen molar-refractivity contribution in [3.63, 3.8) is 0 Å². The normalized spacial score (nSPS) is 15.8. The van der Waals surface area contributed by atoms with Crippen molar-refractivity contribution < 1.29 is 9.31 Å². The highest BCUT2D eigenvalue weighted by Crippen LogP contribution is 2.42.